The van der Waals surface area contributed by atoms with Crippen LogP contribution in [0.2, 0.25) is 0 Å². The van der Waals surface area contributed by atoms with E-state index in [0.717, 1.165) is 19.4 Å². The van der Waals surface area contributed by atoms with Crippen molar-refractivity contribution in [2.75, 3.05) is 31.6 Å². The van der Waals surface area contributed by atoms with Crippen LogP contribution >= 0.6 is 0 Å². The summed E-state index contributed by atoms with van der Waals surface area (Å²) in [5.74, 6) is -1.08. The van der Waals surface area contributed by atoms with Gasteiger partial charge in [-0.15, -0.1) is 0 Å². The molecule has 0 radical (unpaired) electrons. The minimum Gasteiger partial charge on any atom is -0.508 e. The third-order valence-electron chi connectivity index (χ3n) is 9.26. The summed E-state index contributed by atoms with van der Waals surface area (Å²) in [6, 6.07) is 5.56. The number of rotatable bonds is 8. The Hall–Kier alpha value is -4.19. The molecule has 1 amide bonds. The van der Waals surface area contributed by atoms with Gasteiger partial charge in [0.1, 0.15) is 41.4 Å². The predicted octanol–water partition coefficient (Wildman–Crippen LogP) is 5.04. The molecule has 3 aliphatic rings. The summed E-state index contributed by atoms with van der Waals surface area (Å²) in [6.07, 6.45) is 4.02. The normalized spacial score (nSPS) is 23.4. The van der Waals surface area contributed by atoms with Gasteiger partial charge in [0.2, 0.25) is 5.91 Å². The van der Waals surface area contributed by atoms with Gasteiger partial charge in [0.15, 0.2) is 5.82 Å². The highest BCUT2D eigenvalue weighted by Gasteiger charge is 2.49. The van der Waals surface area contributed by atoms with Gasteiger partial charge >= 0.3 is 6.01 Å². The number of aromatic hydroxyl groups is 1. The lowest BCUT2D eigenvalue weighted by atomic mass is 9.94. The highest BCUT2D eigenvalue weighted by molar-refractivity contribution is 6.01. The van der Waals surface area contributed by atoms with Crippen LogP contribution in [0.1, 0.15) is 44.6 Å². The number of hydrogen-bond acceptors (Lipinski definition) is 8. The molecule has 4 aromatic rings. The Morgan fingerprint density at radius 2 is 2.11 bits per heavy atom. The van der Waals surface area contributed by atoms with Crippen LogP contribution in [-0.4, -0.2) is 74.9 Å². The molecule has 0 spiro atoms. The molecule has 9 nitrogen and oxygen atoms in total. The number of phenolic OH excluding ortho intramolecular Hbond substituents is 1. The van der Waals surface area contributed by atoms with E-state index in [-0.39, 0.29) is 52.9 Å². The summed E-state index contributed by atoms with van der Waals surface area (Å²) in [5.41, 5.74) is -0.00819. The number of halogens is 3. The van der Waals surface area contributed by atoms with E-state index >= 15 is 4.39 Å². The Morgan fingerprint density at radius 3 is 2.91 bits per heavy atom. The average molecular weight is 607 g/mol. The fraction of sp³-hybridized carbons (Fsp3) is 0.438. The van der Waals surface area contributed by atoms with Crippen molar-refractivity contribution in [2.24, 2.45) is 0 Å². The Kier molecular flexibility index (Phi) is 7.19. The van der Waals surface area contributed by atoms with E-state index in [2.05, 4.69) is 30.5 Å². The van der Waals surface area contributed by atoms with E-state index in [1.54, 1.807) is 13.0 Å². The van der Waals surface area contributed by atoms with Gasteiger partial charge in [-0.1, -0.05) is 13.0 Å². The first-order valence-electron chi connectivity index (χ1n) is 15.1. The average Bonchev–Trinajstić information content (AvgIpc) is 3.68. The van der Waals surface area contributed by atoms with Crippen molar-refractivity contribution in [2.45, 2.75) is 63.2 Å². The molecule has 1 unspecified atom stereocenters. The third-order valence-corrected chi connectivity index (χ3v) is 9.26. The van der Waals surface area contributed by atoms with Crippen molar-refractivity contribution in [1.82, 2.24) is 25.2 Å². The van der Waals surface area contributed by atoms with Gasteiger partial charge in [-0.3, -0.25) is 14.7 Å². The number of carbonyl (C=O) groups excluding carboxylic acids is 1. The first-order chi connectivity index (χ1) is 21.2. The van der Waals surface area contributed by atoms with Crippen LogP contribution in [-0.2, 0) is 11.2 Å². The molecule has 3 aliphatic heterocycles. The zero-order valence-electron chi connectivity index (χ0n) is 24.3. The molecule has 3 atom stereocenters. The molecule has 2 aromatic carbocycles. The highest BCUT2D eigenvalue weighted by Crippen LogP contribution is 2.41. The van der Waals surface area contributed by atoms with Crippen molar-refractivity contribution in [1.29, 1.82) is 0 Å². The number of benzene rings is 2. The topological polar surface area (TPSA) is 112 Å². The summed E-state index contributed by atoms with van der Waals surface area (Å²) in [7, 11) is 0. The maximum absolute atomic E-state index is 16.6. The quantitative estimate of drug-likeness (QED) is 0.256. The van der Waals surface area contributed by atoms with Crippen LogP contribution in [0.3, 0.4) is 0 Å². The molecule has 5 heterocycles. The Morgan fingerprint density at radius 1 is 1.25 bits per heavy atom. The fourth-order valence-corrected chi connectivity index (χ4v) is 7.15. The maximum atomic E-state index is 16.6. The zero-order chi connectivity index (χ0) is 30.6. The molecule has 0 bridgehead atoms. The molecule has 0 aliphatic carbocycles. The van der Waals surface area contributed by atoms with E-state index in [1.165, 1.54) is 24.4 Å². The van der Waals surface area contributed by atoms with E-state index in [9.17, 15) is 18.7 Å². The van der Waals surface area contributed by atoms with Crippen LogP contribution in [0.25, 0.3) is 32.9 Å². The van der Waals surface area contributed by atoms with Gasteiger partial charge < -0.3 is 20.5 Å². The first kappa shape index (κ1) is 28.6. The van der Waals surface area contributed by atoms with Crippen molar-refractivity contribution in [3.05, 3.63) is 47.7 Å². The van der Waals surface area contributed by atoms with Gasteiger partial charge in [-0.25, -0.2) is 13.2 Å². The molecule has 2 aromatic heterocycles. The number of hydrogen-bond donors (Lipinski definition) is 3. The number of amides is 1. The highest BCUT2D eigenvalue weighted by atomic mass is 19.1. The minimum atomic E-state index is -0.934. The van der Waals surface area contributed by atoms with Crippen LogP contribution < -0.4 is 15.4 Å². The summed E-state index contributed by atoms with van der Waals surface area (Å²) >= 11 is 0. The lowest BCUT2D eigenvalue weighted by molar-refractivity contribution is -0.119. The SMILES string of the molecule is CCc1c(F)ccc2cc(O)cc(-c3ncc4c(NCC5CCC(=O)N5)nc(OC[C@@]56CCCN5C[C@H](F)C6)nc4c3F)c12. The van der Waals surface area contributed by atoms with Gasteiger partial charge in [0, 0.05) is 43.7 Å². The standard InChI is InChI=1S/C32H33F3N6O3/c1-2-21-24(34)6-4-17-10-20(42)11-22(26(17)21)28-27(35)29-23(14-36-28)30(37-13-19-5-7-25(43)38-19)40-31(39-29)44-16-32-8-3-9-41(32)15-18(33)12-32/h4,6,10-11,14,18-19,42H,2-3,5,7-9,12-13,15-16H2,1H3,(H,38,43)(H,37,39,40)/t18-,19?,32+/m1/s1. The number of nitrogens with one attached hydrogen (secondary N) is 2. The molecule has 12 heteroatoms. The lowest BCUT2D eigenvalue weighted by Crippen LogP contribution is -2.43. The first-order valence-corrected chi connectivity index (χ1v) is 15.1. The Labute approximate surface area is 251 Å². The van der Waals surface area contributed by atoms with E-state index < -0.39 is 23.3 Å². The molecule has 3 fully saturated rings. The summed E-state index contributed by atoms with van der Waals surface area (Å²) in [6.45, 7) is 3.47. The number of alkyl halides is 1. The van der Waals surface area contributed by atoms with Crippen LogP contribution in [0.15, 0.2) is 30.5 Å². The van der Waals surface area contributed by atoms with Crippen molar-refractivity contribution in [3.63, 3.8) is 0 Å². The number of anilines is 1. The van der Waals surface area contributed by atoms with Gasteiger partial charge in [0.05, 0.1) is 10.9 Å². The van der Waals surface area contributed by atoms with Crippen molar-refractivity contribution in [3.8, 4) is 23.0 Å². The van der Waals surface area contributed by atoms with E-state index in [0.29, 0.717) is 60.5 Å². The summed E-state index contributed by atoms with van der Waals surface area (Å²) in [5, 5.41) is 17.9. The number of carbonyl (C=O) groups is 1. The molecule has 230 valence electrons. The molecule has 0 saturated carbocycles. The molecule has 3 saturated heterocycles. The van der Waals surface area contributed by atoms with Crippen LogP contribution in [0.5, 0.6) is 11.8 Å². The van der Waals surface area contributed by atoms with Gasteiger partial charge in [-0.05, 0) is 66.8 Å². The van der Waals surface area contributed by atoms with Crippen molar-refractivity contribution < 1.29 is 27.8 Å². The number of pyridine rings is 1. The molecular weight excluding hydrogens is 573 g/mol. The summed E-state index contributed by atoms with van der Waals surface area (Å²) in [4.78, 5) is 27.3. The number of nitrogens with zero attached hydrogens (tertiary/aromatic N) is 4. The van der Waals surface area contributed by atoms with E-state index in [4.69, 9.17) is 4.74 Å². The lowest BCUT2D eigenvalue weighted by Gasteiger charge is -2.30. The molecule has 7 rings (SSSR count). The number of ether oxygens (including phenoxy) is 1. The third kappa shape index (κ3) is 4.94. The summed E-state index contributed by atoms with van der Waals surface area (Å²) < 4.78 is 51.9. The van der Waals surface area contributed by atoms with Crippen LogP contribution in [0.4, 0.5) is 19.0 Å². The zero-order valence-corrected chi connectivity index (χ0v) is 24.3. The van der Waals surface area contributed by atoms with Crippen LogP contribution in [0, 0.1) is 11.6 Å². The van der Waals surface area contributed by atoms with Gasteiger partial charge in [-0.2, -0.15) is 9.97 Å². The molecular formula is C32H33F3N6O3. The molecule has 44 heavy (non-hydrogen) atoms. The Bertz CT molecular complexity index is 1790. The fourth-order valence-electron chi connectivity index (χ4n) is 7.15. The second-order valence-electron chi connectivity index (χ2n) is 12.1. The minimum absolute atomic E-state index is 0.0324. The number of aryl methyl sites for hydroxylation is 1. The smallest absolute Gasteiger partial charge is 0.319 e. The Balaban J connectivity index is 1.32. The second-order valence-corrected chi connectivity index (χ2v) is 12.1. The van der Waals surface area contributed by atoms with Crippen molar-refractivity contribution >= 4 is 33.4 Å². The number of phenols is 1. The maximum Gasteiger partial charge on any atom is 0.319 e. The largest absolute Gasteiger partial charge is 0.508 e. The van der Waals surface area contributed by atoms with E-state index in [1.807, 2.05) is 0 Å². The predicted molar refractivity (Wildman–Crippen MR) is 159 cm³/mol. The number of aromatic nitrogens is 3. The molecule has 3 N–H and O–H groups in total. The number of fused-ring (bicyclic) bond motifs is 3. The second kappa shape index (κ2) is 11.1. The van der Waals surface area contributed by atoms with Gasteiger partial charge in [0.25, 0.3) is 0 Å². The monoisotopic (exact) mass is 606 g/mol.